The number of hydrogen-bond acceptors (Lipinski definition) is 2. The molecule has 0 aliphatic carbocycles. The van der Waals surface area contributed by atoms with Crippen LogP contribution in [0.25, 0.3) is 0 Å². The van der Waals surface area contributed by atoms with Crippen LogP contribution in [0, 0.1) is 0 Å². The van der Waals surface area contributed by atoms with Gasteiger partial charge in [-0.15, -0.1) is 0 Å². The second-order valence-electron chi connectivity index (χ2n) is 3.68. The molecular weight excluding hydrogens is 138 g/mol. The lowest BCUT2D eigenvalue weighted by atomic mass is 9.94. The molecule has 66 valence electrons. The molecule has 1 aliphatic heterocycles. The maximum Gasteiger partial charge on any atom is 0.0569 e. The van der Waals surface area contributed by atoms with Gasteiger partial charge in [0.25, 0.3) is 0 Å². The Morgan fingerprint density at radius 2 is 2.18 bits per heavy atom. The van der Waals surface area contributed by atoms with E-state index in [1.165, 1.54) is 12.8 Å². The Labute approximate surface area is 69.0 Å². The van der Waals surface area contributed by atoms with Gasteiger partial charge in [0.05, 0.1) is 6.10 Å². The maximum absolute atomic E-state index is 9.44. The molecule has 0 spiro atoms. The first-order chi connectivity index (χ1) is 5.22. The zero-order valence-corrected chi connectivity index (χ0v) is 7.51. The average Bonchev–Trinajstić information content (AvgIpc) is 1.85. The molecule has 0 saturated carbocycles. The van der Waals surface area contributed by atoms with Gasteiger partial charge in [-0.05, 0) is 26.2 Å². The fourth-order valence-electron chi connectivity index (χ4n) is 1.92. The van der Waals surface area contributed by atoms with Crippen LogP contribution >= 0.6 is 0 Å². The molecule has 0 radical (unpaired) electrons. The van der Waals surface area contributed by atoms with Gasteiger partial charge in [-0.3, -0.25) is 0 Å². The van der Waals surface area contributed by atoms with Crippen molar-refractivity contribution in [2.45, 2.75) is 57.7 Å². The van der Waals surface area contributed by atoms with Crippen LogP contribution in [0.5, 0.6) is 0 Å². The lowest BCUT2D eigenvalue weighted by molar-refractivity contribution is 0.0952. The van der Waals surface area contributed by atoms with Gasteiger partial charge < -0.3 is 10.4 Å². The minimum Gasteiger partial charge on any atom is -0.393 e. The number of aliphatic hydroxyl groups is 1. The first kappa shape index (κ1) is 9.01. The second-order valence-corrected chi connectivity index (χ2v) is 3.68. The average molecular weight is 157 g/mol. The Morgan fingerprint density at radius 1 is 1.45 bits per heavy atom. The summed E-state index contributed by atoms with van der Waals surface area (Å²) >= 11 is 0. The fraction of sp³-hybridized carbons (Fsp3) is 1.00. The predicted molar refractivity (Wildman–Crippen MR) is 46.5 cm³/mol. The lowest BCUT2D eigenvalue weighted by Gasteiger charge is -2.32. The van der Waals surface area contributed by atoms with Crippen LogP contribution in [0.1, 0.15) is 39.5 Å². The Kier molecular flexibility index (Phi) is 3.34. The molecule has 1 rings (SSSR count). The molecule has 0 aromatic rings. The summed E-state index contributed by atoms with van der Waals surface area (Å²) in [5.74, 6) is 0. The van der Waals surface area contributed by atoms with Gasteiger partial charge in [0, 0.05) is 12.1 Å². The number of aliphatic hydroxyl groups excluding tert-OH is 1. The molecule has 0 unspecified atom stereocenters. The first-order valence-corrected chi connectivity index (χ1v) is 4.66. The molecule has 11 heavy (non-hydrogen) atoms. The number of hydrogen-bond donors (Lipinski definition) is 2. The topological polar surface area (TPSA) is 32.3 Å². The minimum atomic E-state index is -0.0669. The van der Waals surface area contributed by atoms with Crippen LogP contribution in [0.15, 0.2) is 0 Å². The highest BCUT2D eigenvalue weighted by molar-refractivity contribution is 4.82. The van der Waals surface area contributed by atoms with Gasteiger partial charge in [0.2, 0.25) is 0 Å². The van der Waals surface area contributed by atoms with E-state index in [-0.39, 0.29) is 6.10 Å². The van der Waals surface area contributed by atoms with Crippen molar-refractivity contribution in [3.63, 3.8) is 0 Å². The Hall–Kier alpha value is -0.0800. The van der Waals surface area contributed by atoms with E-state index in [9.17, 15) is 5.11 Å². The smallest absolute Gasteiger partial charge is 0.0569 e. The van der Waals surface area contributed by atoms with Gasteiger partial charge in [-0.25, -0.2) is 0 Å². The van der Waals surface area contributed by atoms with Gasteiger partial charge in [0.15, 0.2) is 0 Å². The van der Waals surface area contributed by atoms with Gasteiger partial charge in [0.1, 0.15) is 0 Å². The number of piperidine rings is 1. The molecule has 0 amide bonds. The summed E-state index contributed by atoms with van der Waals surface area (Å²) in [5.41, 5.74) is 0. The quantitative estimate of drug-likeness (QED) is 0.633. The van der Waals surface area contributed by atoms with E-state index in [1.807, 2.05) is 0 Å². The van der Waals surface area contributed by atoms with Gasteiger partial charge in [-0.1, -0.05) is 13.3 Å². The minimum absolute atomic E-state index is 0.0669. The van der Waals surface area contributed by atoms with E-state index >= 15 is 0 Å². The van der Waals surface area contributed by atoms with Crippen molar-refractivity contribution < 1.29 is 5.11 Å². The SMILES string of the molecule is CCC[C@H]1C[C@@H](O)C[C@@H](C)N1. The van der Waals surface area contributed by atoms with Gasteiger partial charge >= 0.3 is 0 Å². The Bertz CT molecular complexity index is 106. The molecule has 2 heteroatoms. The molecule has 2 N–H and O–H groups in total. The van der Waals surface area contributed by atoms with Crippen LogP contribution in [0.2, 0.25) is 0 Å². The summed E-state index contributed by atoms with van der Waals surface area (Å²) in [6.45, 7) is 4.33. The highest BCUT2D eigenvalue weighted by Crippen LogP contribution is 2.16. The highest BCUT2D eigenvalue weighted by Gasteiger charge is 2.22. The van der Waals surface area contributed by atoms with Crippen molar-refractivity contribution in [2.75, 3.05) is 0 Å². The van der Waals surface area contributed by atoms with E-state index < -0.39 is 0 Å². The third kappa shape index (κ3) is 2.80. The van der Waals surface area contributed by atoms with Crippen LogP contribution < -0.4 is 5.32 Å². The predicted octanol–water partition coefficient (Wildman–Crippen LogP) is 1.29. The monoisotopic (exact) mass is 157 g/mol. The normalized spacial score (nSPS) is 39.0. The molecule has 1 aliphatic rings. The van der Waals surface area contributed by atoms with Crippen molar-refractivity contribution in [1.29, 1.82) is 0 Å². The van der Waals surface area contributed by atoms with Crippen LogP contribution in [0.3, 0.4) is 0 Å². The van der Waals surface area contributed by atoms with Crippen LogP contribution in [0.4, 0.5) is 0 Å². The third-order valence-electron chi connectivity index (χ3n) is 2.34. The molecule has 2 nitrogen and oxygen atoms in total. The number of nitrogens with one attached hydrogen (secondary N) is 1. The van der Waals surface area contributed by atoms with E-state index in [0.29, 0.717) is 12.1 Å². The van der Waals surface area contributed by atoms with Crippen molar-refractivity contribution in [1.82, 2.24) is 5.32 Å². The Balaban J connectivity index is 2.30. The second kappa shape index (κ2) is 4.07. The summed E-state index contributed by atoms with van der Waals surface area (Å²) in [6, 6.07) is 1.05. The van der Waals surface area contributed by atoms with E-state index in [2.05, 4.69) is 19.2 Å². The van der Waals surface area contributed by atoms with E-state index in [4.69, 9.17) is 0 Å². The zero-order chi connectivity index (χ0) is 8.27. The standard InChI is InChI=1S/C9H19NO/c1-3-4-8-6-9(11)5-7(2)10-8/h7-11H,3-6H2,1-2H3/t7-,8+,9+/m1/s1. The fourth-order valence-corrected chi connectivity index (χ4v) is 1.92. The van der Waals surface area contributed by atoms with Crippen molar-refractivity contribution in [3.05, 3.63) is 0 Å². The molecule has 3 atom stereocenters. The Morgan fingerprint density at radius 3 is 2.73 bits per heavy atom. The molecule has 1 heterocycles. The molecular formula is C9H19NO. The first-order valence-electron chi connectivity index (χ1n) is 4.66. The molecule has 0 aromatic heterocycles. The van der Waals surface area contributed by atoms with Crippen LogP contribution in [-0.4, -0.2) is 23.3 Å². The molecule has 0 bridgehead atoms. The molecule has 1 fully saturated rings. The summed E-state index contributed by atoms with van der Waals surface area (Å²) in [6.07, 6.45) is 4.19. The summed E-state index contributed by atoms with van der Waals surface area (Å²) < 4.78 is 0. The van der Waals surface area contributed by atoms with E-state index in [1.54, 1.807) is 0 Å². The summed E-state index contributed by atoms with van der Waals surface area (Å²) in [4.78, 5) is 0. The summed E-state index contributed by atoms with van der Waals surface area (Å²) in [5, 5.41) is 12.9. The van der Waals surface area contributed by atoms with E-state index in [0.717, 1.165) is 12.8 Å². The van der Waals surface area contributed by atoms with Crippen molar-refractivity contribution in [3.8, 4) is 0 Å². The zero-order valence-electron chi connectivity index (χ0n) is 7.51. The maximum atomic E-state index is 9.44. The largest absolute Gasteiger partial charge is 0.393 e. The van der Waals surface area contributed by atoms with Crippen molar-refractivity contribution in [2.24, 2.45) is 0 Å². The summed E-state index contributed by atoms with van der Waals surface area (Å²) in [7, 11) is 0. The lowest BCUT2D eigenvalue weighted by Crippen LogP contribution is -2.45. The van der Waals surface area contributed by atoms with Crippen molar-refractivity contribution >= 4 is 0 Å². The highest BCUT2D eigenvalue weighted by atomic mass is 16.3. The van der Waals surface area contributed by atoms with Gasteiger partial charge in [-0.2, -0.15) is 0 Å². The molecule has 1 saturated heterocycles. The number of rotatable bonds is 2. The third-order valence-corrected chi connectivity index (χ3v) is 2.34. The molecule has 0 aromatic carbocycles. The van der Waals surface area contributed by atoms with Crippen LogP contribution in [-0.2, 0) is 0 Å².